The number of pyridine rings is 1. The minimum absolute atomic E-state index is 0.0713. The fourth-order valence-electron chi connectivity index (χ4n) is 3.20. The van der Waals surface area contributed by atoms with Gasteiger partial charge in [0.1, 0.15) is 5.82 Å². The molecule has 1 saturated carbocycles. The lowest BCUT2D eigenvalue weighted by Gasteiger charge is -2.10. The molecule has 2 aromatic heterocycles. The first-order valence-corrected chi connectivity index (χ1v) is 8.10. The van der Waals surface area contributed by atoms with E-state index >= 15 is 0 Å². The van der Waals surface area contributed by atoms with Crippen LogP contribution in [0.15, 0.2) is 54.7 Å². The van der Waals surface area contributed by atoms with Gasteiger partial charge in [0.15, 0.2) is 11.6 Å². The van der Waals surface area contributed by atoms with Gasteiger partial charge >= 0.3 is 0 Å². The predicted molar refractivity (Wildman–Crippen MR) is 90.5 cm³/mol. The average molecular weight is 321 g/mol. The molecule has 3 N–H and O–H groups in total. The van der Waals surface area contributed by atoms with Crippen LogP contribution in [0.2, 0.25) is 0 Å². The number of aliphatic hydroxyl groups is 1. The Kier molecular flexibility index (Phi) is 3.84. The van der Waals surface area contributed by atoms with Gasteiger partial charge in [0.25, 0.3) is 0 Å². The molecule has 4 rings (SSSR count). The first-order chi connectivity index (χ1) is 11.7. The molecule has 0 amide bonds. The van der Waals surface area contributed by atoms with Crippen molar-refractivity contribution in [3.8, 4) is 17.2 Å². The van der Waals surface area contributed by atoms with Crippen molar-refractivity contribution in [1.82, 2.24) is 19.7 Å². The summed E-state index contributed by atoms with van der Waals surface area (Å²) in [6, 6.07) is 15.3. The molecule has 24 heavy (non-hydrogen) atoms. The summed E-state index contributed by atoms with van der Waals surface area (Å²) in [4.78, 5) is 9.15. The van der Waals surface area contributed by atoms with Crippen molar-refractivity contribution in [3.63, 3.8) is 0 Å². The molecule has 1 aliphatic rings. The second kappa shape index (κ2) is 6.14. The predicted octanol–water partition coefficient (Wildman–Crippen LogP) is 1.89. The molecule has 0 saturated heterocycles. The third kappa shape index (κ3) is 2.70. The molecule has 6 heteroatoms. The van der Waals surface area contributed by atoms with E-state index in [4.69, 9.17) is 10.7 Å². The minimum atomic E-state index is -0.496. The van der Waals surface area contributed by atoms with Gasteiger partial charge in [-0.25, -0.2) is 9.97 Å². The molecule has 0 unspecified atom stereocenters. The topological polar surface area (TPSA) is 89.9 Å². The van der Waals surface area contributed by atoms with Crippen LogP contribution in [0, 0.1) is 0 Å². The van der Waals surface area contributed by atoms with Crippen LogP contribution in [0.25, 0.3) is 17.2 Å². The van der Waals surface area contributed by atoms with Crippen molar-refractivity contribution < 1.29 is 5.11 Å². The van der Waals surface area contributed by atoms with Crippen molar-refractivity contribution in [2.24, 2.45) is 5.73 Å². The van der Waals surface area contributed by atoms with Gasteiger partial charge in [0.05, 0.1) is 6.10 Å². The monoisotopic (exact) mass is 321 g/mol. The van der Waals surface area contributed by atoms with Crippen molar-refractivity contribution >= 4 is 0 Å². The third-order valence-corrected chi connectivity index (χ3v) is 4.47. The highest BCUT2D eigenvalue weighted by atomic mass is 16.3. The zero-order chi connectivity index (χ0) is 16.5. The minimum Gasteiger partial charge on any atom is -0.391 e. The molecule has 122 valence electrons. The van der Waals surface area contributed by atoms with Gasteiger partial charge in [0.2, 0.25) is 0 Å². The Morgan fingerprint density at radius 2 is 1.83 bits per heavy atom. The van der Waals surface area contributed by atoms with Gasteiger partial charge in [-0.2, -0.15) is 4.68 Å². The first kappa shape index (κ1) is 15.0. The smallest absolute Gasteiger partial charge is 0.181 e. The summed E-state index contributed by atoms with van der Waals surface area (Å²) in [6.07, 6.45) is 2.53. The molecule has 0 aliphatic heterocycles. The van der Waals surface area contributed by atoms with Crippen LogP contribution >= 0.6 is 0 Å². The maximum atomic E-state index is 10.0. The Hall–Kier alpha value is -2.57. The van der Waals surface area contributed by atoms with E-state index in [9.17, 15) is 5.11 Å². The average Bonchev–Trinajstić information content (AvgIpc) is 3.21. The molecule has 1 aliphatic carbocycles. The summed E-state index contributed by atoms with van der Waals surface area (Å²) >= 11 is 0. The van der Waals surface area contributed by atoms with Crippen LogP contribution in [0.3, 0.4) is 0 Å². The zero-order valence-electron chi connectivity index (χ0n) is 13.2. The Labute approximate surface area is 140 Å². The van der Waals surface area contributed by atoms with Crippen molar-refractivity contribution in [3.05, 3.63) is 60.6 Å². The van der Waals surface area contributed by atoms with Gasteiger partial charge in [-0.3, -0.25) is 0 Å². The molecular weight excluding hydrogens is 302 g/mol. The standard InChI is InChI=1S/C18H19N5O/c19-14-10-13(11-15(14)24)18-21-17(12-6-2-1-3-7-12)22-23(18)16-8-4-5-9-20-16/h1-9,13-15,24H,10-11,19H2/t13-,14-,15-/m0/s1. The lowest BCUT2D eigenvalue weighted by atomic mass is 10.1. The molecule has 0 bridgehead atoms. The van der Waals surface area contributed by atoms with E-state index in [0.29, 0.717) is 18.7 Å². The largest absolute Gasteiger partial charge is 0.391 e. The third-order valence-electron chi connectivity index (χ3n) is 4.47. The number of hydrogen-bond acceptors (Lipinski definition) is 5. The number of aromatic nitrogens is 4. The first-order valence-electron chi connectivity index (χ1n) is 8.10. The molecule has 0 radical (unpaired) electrons. The molecule has 3 atom stereocenters. The highest BCUT2D eigenvalue weighted by molar-refractivity contribution is 5.54. The Balaban J connectivity index is 1.80. The van der Waals surface area contributed by atoms with Crippen molar-refractivity contribution in [2.75, 3.05) is 0 Å². The van der Waals surface area contributed by atoms with Gasteiger partial charge in [-0.15, -0.1) is 5.10 Å². The van der Waals surface area contributed by atoms with Crippen LogP contribution in [-0.4, -0.2) is 37.0 Å². The SMILES string of the molecule is N[C@H]1C[C@H](c2nc(-c3ccccc3)nn2-c2ccccn2)C[C@@H]1O. The summed E-state index contributed by atoms with van der Waals surface area (Å²) in [5, 5.41) is 14.7. The van der Waals surface area contributed by atoms with E-state index in [1.807, 2.05) is 48.5 Å². The van der Waals surface area contributed by atoms with E-state index in [1.165, 1.54) is 0 Å². The molecule has 6 nitrogen and oxygen atoms in total. The lowest BCUT2D eigenvalue weighted by Crippen LogP contribution is -2.28. The van der Waals surface area contributed by atoms with E-state index in [2.05, 4.69) is 10.1 Å². The van der Waals surface area contributed by atoms with Gasteiger partial charge in [0, 0.05) is 23.7 Å². The lowest BCUT2D eigenvalue weighted by molar-refractivity contribution is 0.163. The second-order valence-electron chi connectivity index (χ2n) is 6.16. The fraction of sp³-hybridized carbons (Fsp3) is 0.278. The van der Waals surface area contributed by atoms with Crippen LogP contribution < -0.4 is 5.73 Å². The zero-order valence-corrected chi connectivity index (χ0v) is 13.2. The summed E-state index contributed by atoms with van der Waals surface area (Å²) in [6.45, 7) is 0. The number of aliphatic hydroxyl groups excluding tert-OH is 1. The molecule has 2 heterocycles. The van der Waals surface area contributed by atoms with E-state index < -0.39 is 6.10 Å². The maximum absolute atomic E-state index is 10.0. The summed E-state index contributed by atoms with van der Waals surface area (Å²) in [5.41, 5.74) is 6.94. The van der Waals surface area contributed by atoms with Crippen molar-refractivity contribution in [2.45, 2.75) is 30.9 Å². The number of benzene rings is 1. The Morgan fingerprint density at radius 3 is 2.50 bits per heavy atom. The fourth-order valence-corrected chi connectivity index (χ4v) is 3.20. The summed E-state index contributed by atoms with van der Waals surface area (Å²) < 4.78 is 1.78. The normalized spacial score (nSPS) is 23.5. The Morgan fingerprint density at radius 1 is 1.04 bits per heavy atom. The second-order valence-corrected chi connectivity index (χ2v) is 6.16. The van der Waals surface area contributed by atoms with E-state index in [-0.39, 0.29) is 12.0 Å². The highest BCUT2D eigenvalue weighted by Gasteiger charge is 2.35. The van der Waals surface area contributed by atoms with Gasteiger partial charge in [-0.1, -0.05) is 36.4 Å². The molecular formula is C18H19N5O. The van der Waals surface area contributed by atoms with Crippen LogP contribution in [0.4, 0.5) is 0 Å². The van der Waals surface area contributed by atoms with Crippen LogP contribution in [-0.2, 0) is 0 Å². The quantitative estimate of drug-likeness (QED) is 0.769. The number of nitrogens with zero attached hydrogens (tertiary/aromatic N) is 4. The summed E-state index contributed by atoms with van der Waals surface area (Å²) in [7, 11) is 0. The number of rotatable bonds is 3. The molecule has 0 spiro atoms. The molecule has 1 aromatic carbocycles. The van der Waals surface area contributed by atoms with E-state index in [0.717, 1.165) is 17.2 Å². The number of hydrogen-bond donors (Lipinski definition) is 2. The maximum Gasteiger partial charge on any atom is 0.181 e. The molecule has 3 aromatic rings. The van der Waals surface area contributed by atoms with Crippen molar-refractivity contribution in [1.29, 1.82) is 0 Å². The van der Waals surface area contributed by atoms with Gasteiger partial charge < -0.3 is 10.8 Å². The van der Waals surface area contributed by atoms with Crippen LogP contribution in [0.5, 0.6) is 0 Å². The summed E-state index contributed by atoms with van der Waals surface area (Å²) in [5.74, 6) is 2.25. The highest BCUT2D eigenvalue weighted by Crippen LogP contribution is 2.34. The Bertz CT molecular complexity index is 808. The van der Waals surface area contributed by atoms with Crippen LogP contribution in [0.1, 0.15) is 24.6 Å². The van der Waals surface area contributed by atoms with Gasteiger partial charge in [-0.05, 0) is 25.0 Å². The molecule has 1 fully saturated rings. The van der Waals surface area contributed by atoms with E-state index in [1.54, 1.807) is 10.9 Å². The number of nitrogens with two attached hydrogens (primary N) is 1.